The van der Waals surface area contributed by atoms with Crippen LogP contribution in [-0.4, -0.2) is 16.6 Å². The van der Waals surface area contributed by atoms with Gasteiger partial charge in [0.25, 0.3) is 5.91 Å². The standard InChI is InChI=1S/C13H18FNO2/c1-4-7-13(2,3)15-12(17)10-6-5-9(16)8-11(10)14/h5-6,8,16H,4,7H2,1-3H3,(H,15,17). The molecule has 0 fully saturated rings. The number of rotatable bonds is 4. The zero-order chi connectivity index (χ0) is 13.1. The molecular weight excluding hydrogens is 221 g/mol. The van der Waals surface area contributed by atoms with Crippen molar-refractivity contribution in [2.45, 2.75) is 39.2 Å². The Hall–Kier alpha value is -1.58. The normalized spacial score (nSPS) is 11.3. The van der Waals surface area contributed by atoms with Crippen LogP contribution in [0.4, 0.5) is 4.39 Å². The number of phenols is 1. The van der Waals surface area contributed by atoms with E-state index in [1.165, 1.54) is 12.1 Å². The fourth-order valence-corrected chi connectivity index (χ4v) is 1.75. The van der Waals surface area contributed by atoms with Crippen LogP contribution in [0.15, 0.2) is 18.2 Å². The molecule has 0 aliphatic rings. The van der Waals surface area contributed by atoms with Crippen molar-refractivity contribution in [2.75, 3.05) is 0 Å². The molecule has 0 saturated heterocycles. The van der Waals surface area contributed by atoms with E-state index >= 15 is 0 Å². The van der Waals surface area contributed by atoms with Crippen LogP contribution in [0.2, 0.25) is 0 Å². The van der Waals surface area contributed by atoms with Crippen LogP contribution in [0.3, 0.4) is 0 Å². The van der Waals surface area contributed by atoms with Crippen molar-refractivity contribution < 1.29 is 14.3 Å². The number of halogens is 1. The monoisotopic (exact) mass is 239 g/mol. The molecule has 0 spiro atoms. The first-order valence-electron chi connectivity index (χ1n) is 5.67. The van der Waals surface area contributed by atoms with Gasteiger partial charge in [-0.3, -0.25) is 4.79 Å². The van der Waals surface area contributed by atoms with Crippen molar-refractivity contribution in [1.82, 2.24) is 5.32 Å². The highest BCUT2D eigenvalue weighted by molar-refractivity contribution is 5.95. The fourth-order valence-electron chi connectivity index (χ4n) is 1.75. The van der Waals surface area contributed by atoms with E-state index < -0.39 is 11.7 Å². The predicted octanol–water partition coefficient (Wildman–Crippen LogP) is 2.84. The number of nitrogens with one attached hydrogen (secondary N) is 1. The summed E-state index contributed by atoms with van der Waals surface area (Å²) in [5.41, 5.74) is -0.414. The molecule has 94 valence electrons. The summed E-state index contributed by atoms with van der Waals surface area (Å²) >= 11 is 0. The summed E-state index contributed by atoms with van der Waals surface area (Å²) in [4.78, 5) is 11.8. The highest BCUT2D eigenvalue weighted by Gasteiger charge is 2.21. The van der Waals surface area contributed by atoms with Gasteiger partial charge in [-0.15, -0.1) is 0 Å². The molecule has 0 radical (unpaired) electrons. The molecule has 0 saturated carbocycles. The van der Waals surface area contributed by atoms with Crippen molar-refractivity contribution in [3.8, 4) is 5.75 Å². The highest BCUT2D eigenvalue weighted by Crippen LogP contribution is 2.17. The lowest BCUT2D eigenvalue weighted by Gasteiger charge is -2.25. The van der Waals surface area contributed by atoms with E-state index in [2.05, 4.69) is 5.32 Å². The average Bonchev–Trinajstić information content (AvgIpc) is 2.15. The first-order chi connectivity index (χ1) is 7.85. The minimum absolute atomic E-state index is 0.0491. The Morgan fingerprint density at radius 2 is 2.12 bits per heavy atom. The average molecular weight is 239 g/mol. The second-order valence-electron chi connectivity index (χ2n) is 4.75. The van der Waals surface area contributed by atoms with Gasteiger partial charge in [0.2, 0.25) is 0 Å². The smallest absolute Gasteiger partial charge is 0.254 e. The number of amides is 1. The fraction of sp³-hybridized carbons (Fsp3) is 0.462. The van der Waals surface area contributed by atoms with Gasteiger partial charge < -0.3 is 10.4 Å². The van der Waals surface area contributed by atoms with Crippen LogP contribution in [0.25, 0.3) is 0 Å². The van der Waals surface area contributed by atoms with Gasteiger partial charge in [-0.1, -0.05) is 13.3 Å². The van der Waals surface area contributed by atoms with Crippen molar-refractivity contribution in [1.29, 1.82) is 0 Å². The minimum atomic E-state index is -0.713. The molecule has 0 heterocycles. The minimum Gasteiger partial charge on any atom is -0.508 e. The number of carbonyl (C=O) groups excluding carboxylic acids is 1. The third-order valence-corrected chi connectivity index (χ3v) is 2.52. The van der Waals surface area contributed by atoms with Gasteiger partial charge in [-0.05, 0) is 32.4 Å². The third kappa shape index (κ3) is 3.73. The van der Waals surface area contributed by atoms with E-state index in [-0.39, 0.29) is 16.9 Å². The summed E-state index contributed by atoms with van der Waals surface area (Å²) in [6, 6.07) is 3.51. The zero-order valence-corrected chi connectivity index (χ0v) is 10.4. The van der Waals surface area contributed by atoms with Gasteiger partial charge in [0.1, 0.15) is 11.6 Å². The Morgan fingerprint density at radius 3 is 2.65 bits per heavy atom. The van der Waals surface area contributed by atoms with Gasteiger partial charge in [0.15, 0.2) is 0 Å². The maximum absolute atomic E-state index is 13.4. The quantitative estimate of drug-likeness (QED) is 0.848. The molecule has 0 unspecified atom stereocenters. The van der Waals surface area contributed by atoms with Crippen LogP contribution in [0, 0.1) is 5.82 Å². The lowest BCUT2D eigenvalue weighted by atomic mass is 9.98. The Kier molecular flexibility index (Phi) is 4.10. The summed E-state index contributed by atoms with van der Waals surface area (Å²) in [5.74, 6) is -1.36. The molecule has 1 rings (SSSR count). The van der Waals surface area contributed by atoms with Gasteiger partial charge in [-0.2, -0.15) is 0 Å². The predicted molar refractivity (Wildman–Crippen MR) is 64.5 cm³/mol. The first-order valence-corrected chi connectivity index (χ1v) is 5.67. The van der Waals surface area contributed by atoms with Gasteiger partial charge >= 0.3 is 0 Å². The van der Waals surface area contributed by atoms with Crippen molar-refractivity contribution in [3.63, 3.8) is 0 Å². The summed E-state index contributed by atoms with van der Waals surface area (Å²) in [6.45, 7) is 5.81. The van der Waals surface area contributed by atoms with Crippen molar-refractivity contribution in [2.24, 2.45) is 0 Å². The summed E-state index contributed by atoms with van der Waals surface area (Å²) < 4.78 is 13.4. The molecule has 0 atom stereocenters. The van der Waals surface area contributed by atoms with Crippen molar-refractivity contribution in [3.05, 3.63) is 29.6 Å². The van der Waals surface area contributed by atoms with Crippen LogP contribution in [0.5, 0.6) is 5.75 Å². The number of hydrogen-bond donors (Lipinski definition) is 2. The van der Waals surface area contributed by atoms with Crippen LogP contribution in [0.1, 0.15) is 44.0 Å². The molecule has 1 amide bonds. The maximum atomic E-state index is 13.4. The second-order valence-corrected chi connectivity index (χ2v) is 4.75. The maximum Gasteiger partial charge on any atom is 0.254 e. The van der Waals surface area contributed by atoms with Crippen molar-refractivity contribution >= 4 is 5.91 Å². The highest BCUT2D eigenvalue weighted by atomic mass is 19.1. The molecule has 17 heavy (non-hydrogen) atoms. The van der Waals surface area contributed by atoms with E-state index in [0.29, 0.717) is 0 Å². The molecule has 0 aliphatic carbocycles. The van der Waals surface area contributed by atoms with E-state index in [1.54, 1.807) is 0 Å². The second kappa shape index (κ2) is 5.17. The number of phenolic OH excluding ortho intramolecular Hbond substituents is 1. The van der Waals surface area contributed by atoms with Crippen LogP contribution < -0.4 is 5.32 Å². The van der Waals surface area contributed by atoms with Gasteiger partial charge in [0, 0.05) is 11.6 Å². The van der Waals surface area contributed by atoms with E-state index in [9.17, 15) is 9.18 Å². The molecule has 4 heteroatoms. The lowest BCUT2D eigenvalue weighted by molar-refractivity contribution is 0.0905. The molecule has 0 aliphatic heterocycles. The Morgan fingerprint density at radius 1 is 1.47 bits per heavy atom. The number of aromatic hydroxyl groups is 1. The molecular formula is C13H18FNO2. The summed E-state index contributed by atoms with van der Waals surface area (Å²) in [5, 5.41) is 11.8. The van der Waals surface area contributed by atoms with E-state index in [0.717, 1.165) is 18.9 Å². The van der Waals surface area contributed by atoms with E-state index in [1.807, 2.05) is 20.8 Å². The Balaban J connectivity index is 2.83. The zero-order valence-electron chi connectivity index (χ0n) is 10.4. The van der Waals surface area contributed by atoms with Crippen LogP contribution >= 0.6 is 0 Å². The number of carbonyl (C=O) groups is 1. The van der Waals surface area contributed by atoms with Gasteiger partial charge in [0.05, 0.1) is 5.56 Å². The van der Waals surface area contributed by atoms with Crippen LogP contribution in [-0.2, 0) is 0 Å². The molecule has 3 nitrogen and oxygen atoms in total. The topological polar surface area (TPSA) is 49.3 Å². The summed E-state index contributed by atoms with van der Waals surface area (Å²) in [6.07, 6.45) is 1.75. The molecule has 0 aromatic heterocycles. The Bertz CT molecular complexity index is 416. The largest absolute Gasteiger partial charge is 0.508 e. The van der Waals surface area contributed by atoms with E-state index in [4.69, 9.17) is 5.11 Å². The lowest BCUT2D eigenvalue weighted by Crippen LogP contribution is -2.43. The molecule has 1 aromatic rings. The third-order valence-electron chi connectivity index (χ3n) is 2.52. The molecule has 1 aromatic carbocycles. The van der Waals surface area contributed by atoms with Gasteiger partial charge in [-0.25, -0.2) is 4.39 Å². The number of benzene rings is 1. The molecule has 0 bridgehead atoms. The SMILES string of the molecule is CCCC(C)(C)NC(=O)c1ccc(O)cc1F. The first kappa shape index (κ1) is 13.5. The number of hydrogen-bond acceptors (Lipinski definition) is 2. The summed E-state index contributed by atoms with van der Waals surface area (Å²) in [7, 11) is 0. The Labute approximate surface area is 101 Å². The molecule has 2 N–H and O–H groups in total.